The molecule has 0 aliphatic heterocycles. The monoisotopic (exact) mass is 328 g/mol. The zero-order valence-electron chi connectivity index (χ0n) is 13.5. The van der Waals surface area contributed by atoms with Gasteiger partial charge in [-0.25, -0.2) is 4.79 Å². The Hall–Kier alpha value is -3.02. The molecule has 6 nitrogen and oxygen atoms in total. The number of nitrogens with one attached hydrogen (secondary N) is 2. The van der Waals surface area contributed by atoms with Crippen LogP contribution in [0.2, 0.25) is 0 Å². The number of hydrogen-bond acceptors (Lipinski definition) is 4. The van der Waals surface area contributed by atoms with Crippen LogP contribution in [-0.4, -0.2) is 32.2 Å². The molecule has 0 spiro atoms. The van der Waals surface area contributed by atoms with Gasteiger partial charge in [0.15, 0.2) is 0 Å². The van der Waals surface area contributed by atoms with Crippen LogP contribution in [0, 0.1) is 0 Å². The van der Waals surface area contributed by atoms with Crippen LogP contribution in [0.15, 0.2) is 54.6 Å². The molecule has 0 radical (unpaired) electrons. The molecule has 0 aromatic heterocycles. The summed E-state index contributed by atoms with van der Waals surface area (Å²) in [5.41, 5.74) is 1.36. The van der Waals surface area contributed by atoms with E-state index in [-0.39, 0.29) is 25.6 Å². The molecule has 0 atom stereocenters. The molecule has 2 aromatic rings. The van der Waals surface area contributed by atoms with Crippen molar-refractivity contribution in [3.8, 4) is 5.75 Å². The SMILES string of the molecule is COc1ccccc1C(=O)NCCNC(=O)OCc1ccccc1. The first-order chi connectivity index (χ1) is 11.7. The molecule has 0 bridgehead atoms. The van der Waals surface area contributed by atoms with Crippen LogP contribution in [0.25, 0.3) is 0 Å². The Bertz CT molecular complexity index is 674. The van der Waals surface area contributed by atoms with Gasteiger partial charge in [-0.3, -0.25) is 4.79 Å². The van der Waals surface area contributed by atoms with Crippen molar-refractivity contribution in [3.63, 3.8) is 0 Å². The summed E-state index contributed by atoms with van der Waals surface area (Å²) in [6.45, 7) is 0.770. The van der Waals surface area contributed by atoms with E-state index in [1.165, 1.54) is 7.11 Å². The standard InChI is InChI=1S/C18H20N2O4/c1-23-16-10-6-5-9-15(16)17(21)19-11-12-20-18(22)24-13-14-7-3-2-4-8-14/h2-10H,11-13H2,1H3,(H,19,21)(H,20,22). The van der Waals surface area contributed by atoms with Crippen molar-refractivity contribution in [2.24, 2.45) is 0 Å². The quantitative estimate of drug-likeness (QED) is 0.765. The third kappa shape index (κ3) is 5.31. The lowest BCUT2D eigenvalue weighted by molar-refractivity contribution is 0.0948. The number of ether oxygens (including phenoxy) is 2. The minimum absolute atomic E-state index is 0.209. The predicted octanol–water partition coefficient (Wildman–Crippen LogP) is 2.35. The second-order valence-corrected chi connectivity index (χ2v) is 4.94. The average molecular weight is 328 g/mol. The van der Waals surface area contributed by atoms with E-state index in [4.69, 9.17) is 9.47 Å². The fourth-order valence-corrected chi connectivity index (χ4v) is 2.04. The van der Waals surface area contributed by atoms with Gasteiger partial charge in [-0.15, -0.1) is 0 Å². The lowest BCUT2D eigenvalue weighted by Crippen LogP contribution is -2.35. The molecule has 2 rings (SSSR count). The fraction of sp³-hybridized carbons (Fsp3) is 0.222. The first-order valence-electron chi connectivity index (χ1n) is 7.56. The molecule has 2 amide bonds. The lowest BCUT2D eigenvalue weighted by atomic mass is 10.2. The summed E-state index contributed by atoms with van der Waals surface area (Å²) in [6, 6.07) is 16.4. The van der Waals surface area contributed by atoms with Gasteiger partial charge in [-0.2, -0.15) is 0 Å². The highest BCUT2D eigenvalue weighted by molar-refractivity contribution is 5.96. The highest BCUT2D eigenvalue weighted by Crippen LogP contribution is 2.16. The second kappa shape index (κ2) is 9.19. The Morgan fingerprint density at radius 1 is 0.917 bits per heavy atom. The van der Waals surface area contributed by atoms with Gasteiger partial charge in [-0.1, -0.05) is 42.5 Å². The Balaban J connectivity index is 1.67. The predicted molar refractivity (Wildman–Crippen MR) is 90.0 cm³/mol. The fourth-order valence-electron chi connectivity index (χ4n) is 2.04. The summed E-state index contributed by atoms with van der Waals surface area (Å²) in [7, 11) is 1.51. The summed E-state index contributed by atoms with van der Waals surface area (Å²) < 4.78 is 10.2. The number of carbonyl (C=O) groups is 2. The van der Waals surface area contributed by atoms with Crippen molar-refractivity contribution in [2.45, 2.75) is 6.61 Å². The van der Waals surface area contributed by atoms with Crippen LogP contribution in [-0.2, 0) is 11.3 Å². The lowest BCUT2D eigenvalue weighted by Gasteiger charge is -2.10. The molecular formula is C18H20N2O4. The minimum Gasteiger partial charge on any atom is -0.496 e. The molecule has 126 valence electrons. The smallest absolute Gasteiger partial charge is 0.407 e. The number of rotatable bonds is 7. The molecule has 0 unspecified atom stereocenters. The molecule has 0 aliphatic carbocycles. The Kier molecular flexibility index (Phi) is 6.64. The highest BCUT2D eigenvalue weighted by atomic mass is 16.5. The van der Waals surface area contributed by atoms with Crippen LogP contribution >= 0.6 is 0 Å². The van der Waals surface area contributed by atoms with E-state index < -0.39 is 6.09 Å². The third-order valence-corrected chi connectivity index (χ3v) is 3.24. The Morgan fingerprint density at radius 3 is 2.33 bits per heavy atom. The molecule has 0 fully saturated rings. The van der Waals surface area contributed by atoms with Crippen LogP contribution in [0.4, 0.5) is 4.79 Å². The topological polar surface area (TPSA) is 76.7 Å². The summed E-state index contributed by atoms with van der Waals surface area (Å²) in [4.78, 5) is 23.6. The zero-order valence-corrected chi connectivity index (χ0v) is 13.5. The van der Waals surface area contributed by atoms with Gasteiger partial charge in [0.1, 0.15) is 12.4 Å². The molecule has 24 heavy (non-hydrogen) atoms. The zero-order chi connectivity index (χ0) is 17.2. The van der Waals surface area contributed by atoms with Crippen molar-refractivity contribution in [1.82, 2.24) is 10.6 Å². The van der Waals surface area contributed by atoms with Crippen LogP contribution < -0.4 is 15.4 Å². The Morgan fingerprint density at radius 2 is 1.58 bits per heavy atom. The van der Waals surface area contributed by atoms with Gasteiger partial charge in [0.25, 0.3) is 5.91 Å². The largest absolute Gasteiger partial charge is 0.496 e. The summed E-state index contributed by atoms with van der Waals surface area (Å²) >= 11 is 0. The number of alkyl carbamates (subject to hydrolysis) is 1. The van der Waals surface area contributed by atoms with Crippen molar-refractivity contribution in [3.05, 3.63) is 65.7 Å². The molecule has 2 aromatic carbocycles. The van der Waals surface area contributed by atoms with Crippen LogP contribution in [0.1, 0.15) is 15.9 Å². The number of carbonyl (C=O) groups excluding carboxylic acids is 2. The van der Waals surface area contributed by atoms with Crippen LogP contribution in [0.5, 0.6) is 5.75 Å². The first kappa shape index (κ1) is 17.3. The van der Waals surface area contributed by atoms with E-state index in [1.54, 1.807) is 24.3 Å². The van der Waals surface area contributed by atoms with Gasteiger partial charge in [0.05, 0.1) is 12.7 Å². The maximum atomic E-state index is 12.0. The second-order valence-electron chi connectivity index (χ2n) is 4.94. The molecule has 6 heteroatoms. The highest BCUT2D eigenvalue weighted by Gasteiger charge is 2.10. The third-order valence-electron chi connectivity index (χ3n) is 3.24. The first-order valence-corrected chi connectivity index (χ1v) is 7.56. The van der Waals surface area contributed by atoms with Crippen molar-refractivity contribution >= 4 is 12.0 Å². The minimum atomic E-state index is -0.523. The van der Waals surface area contributed by atoms with Crippen molar-refractivity contribution in [1.29, 1.82) is 0 Å². The molecule has 0 aliphatic rings. The van der Waals surface area contributed by atoms with Gasteiger partial charge in [-0.05, 0) is 17.7 Å². The summed E-state index contributed by atoms with van der Waals surface area (Å²) in [5.74, 6) is 0.247. The Labute approximate surface area is 140 Å². The normalized spacial score (nSPS) is 9.88. The van der Waals surface area contributed by atoms with E-state index in [0.29, 0.717) is 11.3 Å². The van der Waals surface area contributed by atoms with Crippen LogP contribution in [0.3, 0.4) is 0 Å². The van der Waals surface area contributed by atoms with Crippen molar-refractivity contribution < 1.29 is 19.1 Å². The van der Waals surface area contributed by atoms with Gasteiger partial charge < -0.3 is 20.1 Å². The number of para-hydroxylation sites is 1. The number of benzene rings is 2. The van der Waals surface area contributed by atoms with E-state index in [0.717, 1.165) is 5.56 Å². The number of hydrogen-bond donors (Lipinski definition) is 2. The summed E-state index contributed by atoms with van der Waals surface area (Å²) in [5, 5.41) is 5.29. The van der Waals surface area contributed by atoms with Gasteiger partial charge >= 0.3 is 6.09 Å². The molecule has 2 N–H and O–H groups in total. The van der Waals surface area contributed by atoms with Crippen molar-refractivity contribution in [2.75, 3.05) is 20.2 Å². The van der Waals surface area contributed by atoms with E-state index >= 15 is 0 Å². The maximum absolute atomic E-state index is 12.0. The van der Waals surface area contributed by atoms with E-state index in [9.17, 15) is 9.59 Å². The number of methoxy groups -OCH3 is 1. The summed E-state index contributed by atoms with van der Waals surface area (Å²) in [6.07, 6.45) is -0.523. The maximum Gasteiger partial charge on any atom is 0.407 e. The molecule has 0 heterocycles. The average Bonchev–Trinajstić information content (AvgIpc) is 2.64. The molecular weight excluding hydrogens is 308 g/mol. The van der Waals surface area contributed by atoms with E-state index in [1.807, 2.05) is 30.3 Å². The van der Waals surface area contributed by atoms with Gasteiger partial charge in [0.2, 0.25) is 0 Å². The number of amides is 2. The molecule has 0 saturated heterocycles. The van der Waals surface area contributed by atoms with E-state index in [2.05, 4.69) is 10.6 Å². The molecule has 0 saturated carbocycles. The van der Waals surface area contributed by atoms with Gasteiger partial charge in [0, 0.05) is 13.1 Å².